The number of hydrogen-bond acceptors (Lipinski definition) is 3. The average molecular weight is 399 g/mol. The van der Waals surface area contributed by atoms with Crippen LogP contribution < -0.4 is 0 Å². The minimum Gasteiger partial charge on any atom is -0.468 e. The van der Waals surface area contributed by atoms with E-state index in [9.17, 15) is 4.79 Å². The first-order valence-electron chi connectivity index (χ1n) is 11.3. The van der Waals surface area contributed by atoms with Gasteiger partial charge < -0.3 is 9.47 Å². The number of fused-ring (bicyclic) bond motifs is 1. The summed E-state index contributed by atoms with van der Waals surface area (Å²) in [5.41, 5.74) is 1.43. The Morgan fingerprint density at radius 2 is 2.03 bits per heavy atom. The molecule has 0 radical (unpaired) electrons. The number of benzene rings is 1. The molecule has 1 saturated carbocycles. The van der Waals surface area contributed by atoms with Gasteiger partial charge in [0, 0.05) is 0 Å². The quantitative estimate of drug-likeness (QED) is 0.323. The molecule has 0 amide bonds. The van der Waals surface area contributed by atoms with Crippen LogP contribution in [0, 0.1) is 23.2 Å². The highest BCUT2D eigenvalue weighted by atomic mass is 16.5. The van der Waals surface area contributed by atoms with Crippen molar-refractivity contribution in [1.82, 2.24) is 0 Å². The number of ether oxygens (including phenoxy) is 2. The van der Waals surface area contributed by atoms with Gasteiger partial charge in [-0.3, -0.25) is 4.79 Å². The van der Waals surface area contributed by atoms with E-state index < -0.39 is 0 Å². The van der Waals surface area contributed by atoms with Gasteiger partial charge in [-0.25, -0.2) is 0 Å². The van der Waals surface area contributed by atoms with Gasteiger partial charge in [0.05, 0.1) is 18.8 Å². The predicted molar refractivity (Wildman–Crippen MR) is 117 cm³/mol. The fraction of sp³-hybridized carbons (Fsp3) is 0.654. The highest BCUT2D eigenvalue weighted by Gasteiger charge is 2.48. The summed E-state index contributed by atoms with van der Waals surface area (Å²) in [5.74, 6) is 1.79. The van der Waals surface area contributed by atoms with E-state index in [1.54, 1.807) is 0 Å². The lowest BCUT2D eigenvalue weighted by Gasteiger charge is -2.41. The monoisotopic (exact) mass is 398 g/mol. The van der Waals surface area contributed by atoms with Crippen LogP contribution >= 0.6 is 0 Å². The van der Waals surface area contributed by atoms with Gasteiger partial charge >= 0.3 is 0 Å². The van der Waals surface area contributed by atoms with Crippen molar-refractivity contribution < 1.29 is 14.3 Å². The van der Waals surface area contributed by atoms with E-state index in [-0.39, 0.29) is 5.60 Å². The molecule has 0 heterocycles. The molecule has 160 valence electrons. The lowest BCUT2D eigenvalue weighted by molar-refractivity contribution is -0.131. The zero-order valence-corrected chi connectivity index (χ0v) is 18.4. The molecule has 1 fully saturated rings. The maximum absolute atomic E-state index is 10.9. The number of hydrogen-bond donors (Lipinski definition) is 0. The number of rotatable bonds is 11. The number of allylic oxidation sites excluding steroid dienone is 2. The summed E-state index contributed by atoms with van der Waals surface area (Å²) in [6.07, 6.45) is 13.0. The van der Waals surface area contributed by atoms with Crippen LogP contribution in [-0.4, -0.2) is 18.7 Å². The van der Waals surface area contributed by atoms with Crippen LogP contribution in [0.3, 0.4) is 0 Å². The smallest absolute Gasteiger partial charge is 0.293 e. The van der Waals surface area contributed by atoms with E-state index in [0.29, 0.717) is 42.9 Å². The van der Waals surface area contributed by atoms with Crippen molar-refractivity contribution in [2.45, 2.75) is 77.9 Å². The Kier molecular flexibility index (Phi) is 7.56. The van der Waals surface area contributed by atoms with E-state index in [0.717, 1.165) is 19.3 Å². The maximum Gasteiger partial charge on any atom is 0.293 e. The summed E-state index contributed by atoms with van der Waals surface area (Å²) in [6.45, 7) is 8.68. The molecule has 1 aromatic rings. The number of carbonyl (C=O) groups is 1. The first-order chi connectivity index (χ1) is 13.9. The standard InChI is InChI=1S/C26H38O3/c1-25(2,29-18-21-10-5-4-6-11-21)16-9-12-22(19-28-20-27)24-15-14-23-13-7-8-17-26(23,24)3/h4-7,10-11,13,20,22-24H,8-9,12,14-19H2,1-3H3/t22-,23+,24+,26-/m0/s1. The highest BCUT2D eigenvalue weighted by Crippen LogP contribution is 2.56. The van der Waals surface area contributed by atoms with Gasteiger partial charge in [0.2, 0.25) is 0 Å². The third-order valence-corrected chi connectivity index (χ3v) is 7.47. The second-order valence-electron chi connectivity index (χ2n) is 9.88. The van der Waals surface area contributed by atoms with E-state index in [4.69, 9.17) is 9.47 Å². The van der Waals surface area contributed by atoms with Crippen LogP contribution in [0.2, 0.25) is 0 Å². The highest BCUT2D eigenvalue weighted by molar-refractivity contribution is 5.36. The van der Waals surface area contributed by atoms with E-state index in [1.165, 1.54) is 31.2 Å². The van der Waals surface area contributed by atoms with E-state index >= 15 is 0 Å². The molecule has 0 saturated heterocycles. The Morgan fingerprint density at radius 1 is 1.24 bits per heavy atom. The topological polar surface area (TPSA) is 35.5 Å². The predicted octanol–water partition coefficient (Wildman–Crippen LogP) is 6.32. The van der Waals surface area contributed by atoms with Crippen LogP contribution in [-0.2, 0) is 20.9 Å². The second-order valence-corrected chi connectivity index (χ2v) is 9.88. The fourth-order valence-corrected chi connectivity index (χ4v) is 5.69. The molecule has 1 aromatic carbocycles. The molecule has 0 bridgehead atoms. The van der Waals surface area contributed by atoms with Crippen LogP contribution in [0.1, 0.15) is 71.3 Å². The Hall–Kier alpha value is -1.61. The van der Waals surface area contributed by atoms with Gasteiger partial charge in [0.25, 0.3) is 6.47 Å². The van der Waals surface area contributed by atoms with Crippen molar-refractivity contribution in [1.29, 1.82) is 0 Å². The molecule has 0 aromatic heterocycles. The summed E-state index contributed by atoms with van der Waals surface area (Å²) in [4.78, 5) is 10.9. The van der Waals surface area contributed by atoms with Gasteiger partial charge in [-0.05, 0) is 81.1 Å². The summed E-state index contributed by atoms with van der Waals surface area (Å²) in [6, 6.07) is 10.4. The maximum atomic E-state index is 10.9. The van der Waals surface area contributed by atoms with Gasteiger partial charge in [0.15, 0.2) is 0 Å². The molecule has 4 atom stereocenters. The lowest BCUT2D eigenvalue weighted by Crippen LogP contribution is -2.36. The molecule has 0 aliphatic heterocycles. The van der Waals surface area contributed by atoms with Crippen molar-refractivity contribution in [2.75, 3.05) is 6.61 Å². The third-order valence-electron chi connectivity index (χ3n) is 7.47. The first kappa shape index (κ1) is 22.1. The van der Waals surface area contributed by atoms with Crippen molar-refractivity contribution in [3.63, 3.8) is 0 Å². The molecule has 0 spiro atoms. The first-order valence-corrected chi connectivity index (χ1v) is 11.3. The zero-order chi connectivity index (χ0) is 20.7. The van der Waals surface area contributed by atoms with Crippen LogP contribution in [0.4, 0.5) is 0 Å². The molecular weight excluding hydrogens is 360 g/mol. The molecule has 3 nitrogen and oxygen atoms in total. The third kappa shape index (κ3) is 5.72. The Bertz CT molecular complexity index is 666. The molecule has 29 heavy (non-hydrogen) atoms. The van der Waals surface area contributed by atoms with Crippen molar-refractivity contribution in [3.05, 3.63) is 48.0 Å². The van der Waals surface area contributed by atoms with Crippen LogP contribution in [0.5, 0.6) is 0 Å². The lowest BCUT2D eigenvalue weighted by atomic mass is 9.64. The minimum absolute atomic E-state index is 0.151. The van der Waals surface area contributed by atoms with E-state index in [1.807, 2.05) is 6.07 Å². The Morgan fingerprint density at radius 3 is 2.79 bits per heavy atom. The molecule has 0 unspecified atom stereocenters. The molecule has 2 aliphatic carbocycles. The van der Waals surface area contributed by atoms with Gasteiger partial charge in [-0.15, -0.1) is 0 Å². The summed E-state index contributed by atoms with van der Waals surface area (Å²) in [5, 5.41) is 0. The molecule has 0 N–H and O–H groups in total. The van der Waals surface area contributed by atoms with Crippen molar-refractivity contribution in [2.24, 2.45) is 23.2 Å². The molecular formula is C26H38O3. The van der Waals surface area contributed by atoms with Gasteiger partial charge in [-0.2, -0.15) is 0 Å². The van der Waals surface area contributed by atoms with Crippen LogP contribution in [0.25, 0.3) is 0 Å². The molecule has 3 rings (SSSR count). The second kappa shape index (κ2) is 9.93. The van der Waals surface area contributed by atoms with Crippen molar-refractivity contribution >= 4 is 6.47 Å². The Balaban J connectivity index is 1.53. The largest absolute Gasteiger partial charge is 0.468 e. The molecule has 2 aliphatic rings. The normalized spacial score (nSPS) is 27.4. The van der Waals surface area contributed by atoms with Crippen molar-refractivity contribution in [3.8, 4) is 0 Å². The zero-order valence-electron chi connectivity index (χ0n) is 18.4. The average Bonchev–Trinajstić information content (AvgIpc) is 3.07. The summed E-state index contributed by atoms with van der Waals surface area (Å²) in [7, 11) is 0. The Labute approximate surface area is 176 Å². The summed E-state index contributed by atoms with van der Waals surface area (Å²) >= 11 is 0. The SMILES string of the molecule is CC(C)(CCC[C@@H](COC=O)[C@H]1CC[C@H]2C=CCC[C@@]21C)OCc1ccccc1. The fourth-order valence-electron chi connectivity index (χ4n) is 5.69. The van der Waals surface area contributed by atoms with E-state index in [2.05, 4.69) is 57.2 Å². The van der Waals surface area contributed by atoms with Gasteiger partial charge in [0.1, 0.15) is 0 Å². The summed E-state index contributed by atoms with van der Waals surface area (Å²) < 4.78 is 11.5. The van der Waals surface area contributed by atoms with Crippen LogP contribution in [0.15, 0.2) is 42.5 Å². The molecule has 3 heteroatoms. The minimum atomic E-state index is -0.151. The van der Waals surface area contributed by atoms with Gasteiger partial charge in [-0.1, -0.05) is 55.8 Å². The number of carbonyl (C=O) groups excluding carboxylic acids is 1.